The first kappa shape index (κ1) is 17.9. The van der Waals surface area contributed by atoms with Gasteiger partial charge in [0.15, 0.2) is 0 Å². The number of halogens is 1. The summed E-state index contributed by atoms with van der Waals surface area (Å²) < 4.78 is 18.3. The lowest BCUT2D eigenvalue weighted by molar-refractivity contribution is -0.120. The zero-order valence-corrected chi connectivity index (χ0v) is 14.4. The van der Waals surface area contributed by atoms with Crippen molar-refractivity contribution in [2.45, 2.75) is 31.5 Å². The first-order valence-corrected chi connectivity index (χ1v) is 8.27. The second-order valence-electron chi connectivity index (χ2n) is 5.69. The molecule has 2 rings (SSSR count). The standard InChI is InChI=1S/C16H17FN4O2S/c1-10(2)16(3,9-18)19-13(22)8-24-15-21-20-14(23-15)11-4-6-12(17)7-5-11/h4-7,10H,8H2,1-3H3,(H,19,22)/t16-/m0/s1. The average Bonchev–Trinajstić information content (AvgIpc) is 3.02. The highest BCUT2D eigenvalue weighted by atomic mass is 32.2. The molecule has 1 heterocycles. The largest absolute Gasteiger partial charge is 0.411 e. The summed E-state index contributed by atoms with van der Waals surface area (Å²) in [7, 11) is 0. The molecule has 0 bridgehead atoms. The molecule has 1 aromatic heterocycles. The van der Waals surface area contributed by atoms with Crippen molar-refractivity contribution in [1.29, 1.82) is 5.26 Å². The predicted molar refractivity (Wildman–Crippen MR) is 87.4 cm³/mol. The van der Waals surface area contributed by atoms with Crippen molar-refractivity contribution in [3.8, 4) is 17.5 Å². The van der Waals surface area contributed by atoms with Crippen molar-refractivity contribution in [1.82, 2.24) is 15.5 Å². The Hall–Kier alpha value is -2.40. The topological polar surface area (TPSA) is 91.8 Å². The van der Waals surface area contributed by atoms with Crippen LogP contribution in [0.5, 0.6) is 0 Å². The number of nitriles is 1. The maximum Gasteiger partial charge on any atom is 0.277 e. The van der Waals surface area contributed by atoms with Crippen LogP contribution in [0.3, 0.4) is 0 Å². The summed E-state index contributed by atoms with van der Waals surface area (Å²) >= 11 is 1.07. The number of nitrogens with one attached hydrogen (secondary N) is 1. The third kappa shape index (κ3) is 4.32. The van der Waals surface area contributed by atoms with Gasteiger partial charge in [0.1, 0.15) is 11.4 Å². The summed E-state index contributed by atoms with van der Waals surface area (Å²) in [6.07, 6.45) is 0. The van der Waals surface area contributed by atoms with E-state index < -0.39 is 5.54 Å². The summed E-state index contributed by atoms with van der Waals surface area (Å²) in [5.74, 6) is -0.365. The summed E-state index contributed by atoms with van der Waals surface area (Å²) in [6, 6.07) is 7.78. The van der Waals surface area contributed by atoms with Crippen LogP contribution in [0, 0.1) is 23.1 Å². The molecule has 1 atom stereocenters. The minimum absolute atomic E-state index is 0.0232. The van der Waals surface area contributed by atoms with Crippen LogP contribution in [-0.2, 0) is 4.79 Å². The van der Waals surface area contributed by atoms with Crippen LogP contribution >= 0.6 is 11.8 Å². The third-order valence-corrected chi connectivity index (χ3v) is 4.43. The molecule has 2 aromatic rings. The number of amides is 1. The highest BCUT2D eigenvalue weighted by molar-refractivity contribution is 7.99. The lowest BCUT2D eigenvalue weighted by Gasteiger charge is -2.27. The maximum absolute atomic E-state index is 12.9. The van der Waals surface area contributed by atoms with E-state index in [4.69, 9.17) is 4.42 Å². The fourth-order valence-electron chi connectivity index (χ4n) is 1.73. The zero-order chi connectivity index (χ0) is 17.7. The fourth-order valence-corrected chi connectivity index (χ4v) is 2.29. The van der Waals surface area contributed by atoms with E-state index in [1.165, 1.54) is 24.3 Å². The van der Waals surface area contributed by atoms with E-state index in [9.17, 15) is 14.4 Å². The van der Waals surface area contributed by atoms with E-state index >= 15 is 0 Å². The molecular formula is C16H17FN4O2S. The Morgan fingerprint density at radius 1 is 1.42 bits per heavy atom. The maximum atomic E-state index is 12.9. The molecule has 1 N–H and O–H groups in total. The van der Waals surface area contributed by atoms with Gasteiger partial charge in [-0.25, -0.2) is 4.39 Å². The molecule has 0 radical (unpaired) electrons. The number of hydrogen-bond donors (Lipinski definition) is 1. The molecule has 24 heavy (non-hydrogen) atoms. The number of carbonyl (C=O) groups is 1. The molecule has 0 aliphatic rings. The van der Waals surface area contributed by atoms with Crippen LogP contribution in [0.15, 0.2) is 33.9 Å². The molecule has 0 saturated carbocycles. The Balaban J connectivity index is 1.95. The number of carbonyl (C=O) groups excluding carboxylic acids is 1. The first-order valence-electron chi connectivity index (χ1n) is 7.28. The quantitative estimate of drug-likeness (QED) is 0.807. The number of hydrogen-bond acceptors (Lipinski definition) is 6. The average molecular weight is 348 g/mol. The summed E-state index contributed by atoms with van der Waals surface area (Å²) in [5, 5.41) is 19.8. The molecule has 8 heteroatoms. The lowest BCUT2D eigenvalue weighted by Crippen LogP contribution is -2.49. The van der Waals surface area contributed by atoms with Gasteiger partial charge in [-0.05, 0) is 37.1 Å². The van der Waals surface area contributed by atoms with Crippen LogP contribution in [0.25, 0.3) is 11.5 Å². The highest BCUT2D eigenvalue weighted by Crippen LogP contribution is 2.23. The lowest BCUT2D eigenvalue weighted by atomic mass is 9.90. The second-order valence-corrected chi connectivity index (χ2v) is 6.61. The Kier molecular flexibility index (Phi) is 5.57. The van der Waals surface area contributed by atoms with Gasteiger partial charge >= 0.3 is 0 Å². The molecule has 126 valence electrons. The molecule has 0 spiro atoms. The van der Waals surface area contributed by atoms with Crippen LogP contribution in [-0.4, -0.2) is 27.4 Å². The van der Waals surface area contributed by atoms with Gasteiger partial charge in [-0.2, -0.15) is 5.26 Å². The number of aromatic nitrogens is 2. The summed E-state index contributed by atoms with van der Waals surface area (Å²) in [4.78, 5) is 12.0. The van der Waals surface area contributed by atoms with E-state index in [0.717, 1.165) is 11.8 Å². The van der Waals surface area contributed by atoms with Gasteiger partial charge in [0.25, 0.3) is 5.22 Å². The number of nitrogens with zero attached hydrogens (tertiary/aromatic N) is 3. The van der Waals surface area contributed by atoms with E-state index in [1.54, 1.807) is 6.92 Å². The smallest absolute Gasteiger partial charge is 0.277 e. The molecule has 0 saturated heterocycles. The second kappa shape index (κ2) is 7.45. The van der Waals surface area contributed by atoms with Crippen LogP contribution in [0.2, 0.25) is 0 Å². The Morgan fingerprint density at radius 2 is 2.08 bits per heavy atom. The zero-order valence-electron chi connectivity index (χ0n) is 13.5. The number of thioether (sulfide) groups is 1. The van der Waals surface area contributed by atoms with Crippen molar-refractivity contribution in [2.24, 2.45) is 5.92 Å². The van der Waals surface area contributed by atoms with E-state index in [1.807, 2.05) is 13.8 Å². The van der Waals surface area contributed by atoms with Crippen molar-refractivity contribution in [3.63, 3.8) is 0 Å². The SMILES string of the molecule is CC(C)[C@](C)(C#N)NC(=O)CSc1nnc(-c2ccc(F)cc2)o1. The van der Waals surface area contributed by atoms with E-state index in [0.29, 0.717) is 5.56 Å². The molecule has 0 aliphatic carbocycles. The predicted octanol–water partition coefficient (Wildman–Crippen LogP) is 3.02. The third-order valence-electron chi connectivity index (χ3n) is 3.61. The Labute approximate surface area is 143 Å². The molecule has 6 nitrogen and oxygen atoms in total. The van der Waals surface area contributed by atoms with E-state index in [2.05, 4.69) is 21.6 Å². The van der Waals surface area contributed by atoms with Crippen molar-refractivity contribution < 1.29 is 13.6 Å². The van der Waals surface area contributed by atoms with Crippen molar-refractivity contribution in [2.75, 3.05) is 5.75 Å². The molecule has 0 fully saturated rings. The van der Waals surface area contributed by atoms with Gasteiger partial charge in [-0.15, -0.1) is 10.2 Å². The Bertz CT molecular complexity index is 754. The molecular weight excluding hydrogens is 331 g/mol. The van der Waals surface area contributed by atoms with Crippen LogP contribution in [0.1, 0.15) is 20.8 Å². The van der Waals surface area contributed by atoms with Gasteiger partial charge < -0.3 is 9.73 Å². The fraction of sp³-hybridized carbons (Fsp3) is 0.375. The first-order chi connectivity index (χ1) is 11.3. The highest BCUT2D eigenvalue weighted by Gasteiger charge is 2.30. The molecule has 0 aliphatic heterocycles. The summed E-state index contributed by atoms with van der Waals surface area (Å²) in [6.45, 7) is 5.41. The monoisotopic (exact) mass is 348 g/mol. The Morgan fingerprint density at radius 3 is 2.67 bits per heavy atom. The van der Waals surface area contributed by atoms with Gasteiger partial charge in [0.05, 0.1) is 11.8 Å². The minimum Gasteiger partial charge on any atom is -0.411 e. The summed E-state index contributed by atoms with van der Waals surface area (Å²) in [5.41, 5.74) is -0.330. The normalized spacial score (nSPS) is 13.3. The molecule has 1 aromatic carbocycles. The van der Waals surface area contributed by atoms with Gasteiger partial charge in [0.2, 0.25) is 11.8 Å². The molecule has 1 amide bonds. The van der Waals surface area contributed by atoms with Crippen LogP contribution in [0.4, 0.5) is 4.39 Å². The molecule has 0 unspecified atom stereocenters. The minimum atomic E-state index is -0.925. The van der Waals surface area contributed by atoms with Gasteiger partial charge in [-0.3, -0.25) is 4.79 Å². The van der Waals surface area contributed by atoms with E-state index in [-0.39, 0.29) is 34.5 Å². The van der Waals surface area contributed by atoms with Crippen molar-refractivity contribution in [3.05, 3.63) is 30.1 Å². The van der Waals surface area contributed by atoms with Gasteiger partial charge in [-0.1, -0.05) is 25.6 Å². The van der Waals surface area contributed by atoms with Crippen molar-refractivity contribution >= 4 is 17.7 Å². The van der Waals surface area contributed by atoms with Crippen LogP contribution < -0.4 is 5.32 Å². The van der Waals surface area contributed by atoms with Gasteiger partial charge in [0, 0.05) is 5.56 Å². The number of benzene rings is 1. The number of rotatable bonds is 6.